The van der Waals surface area contributed by atoms with E-state index in [9.17, 15) is 13.2 Å². The van der Waals surface area contributed by atoms with Crippen molar-refractivity contribution in [3.8, 4) is 5.75 Å². The summed E-state index contributed by atoms with van der Waals surface area (Å²) in [6.07, 6.45) is 7.41. The number of ether oxygens (including phenoxy) is 1. The maximum atomic E-state index is 12.0. The Morgan fingerprint density at radius 3 is 2.33 bits per heavy atom. The van der Waals surface area contributed by atoms with E-state index in [-0.39, 0.29) is 10.6 Å². The minimum absolute atomic E-state index is 0.154. The van der Waals surface area contributed by atoms with E-state index in [2.05, 4.69) is 0 Å². The zero-order valence-electron chi connectivity index (χ0n) is 11.9. The van der Waals surface area contributed by atoms with Crippen molar-refractivity contribution < 1.29 is 17.9 Å². The number of esters is 1. The molecule has 0 aromatic heterocycles. The molecule has 5 heteroatoms. The average molecular weight is 306 g/mol. The van der Waals surface area contributed by atoms with Crippen LogP contribution in [0.1, 0.15) is 25.7 Å². The fourth-order valence-corrected chi connectivity index (χ4v) is 3.11. The maximum Gasteiger partial charge on any atom is 0.336 e. The molecule has 1 aromatic carbocycles. The van der Waals surface area contributed by atoms with Gasteiger partial charge in [-0.3, -0.25) is 0 Å². The van der Waals surface area contributed by atoms with Crippen LogP contribution in [0, 0.1) is 11.8 Å². The minimum atomic E-state index is -3.30. The summed E-state index contributed by atoms with van der Waals surface area (Å²) in [5.41, 5.74) is 1.22. The van der Waals surface area contributed by atoms with Crippen LogP contribution in [0.25, 0.3) is 0 Å². The monoisotopic (exact) mass is 306 g/mol. The van der Waals surface area contributed by atoms with Gasteiger partial charge >= 0.3 is 5.97 Å². The molecule has 0 aliphatic heterocycles. The molecule has 2 saturated carbocycles. The van der Waals surface area contributed by atoms with Gasteiger partial charge in [0.25, 0.3) is 0 Å². The molecule has 3 rings (SSSR count). The zero-order chi connectivity index (χ0) is 15.0. The molecular weight excluding hydrogens is 288 g/mol. The molecule has 0 radical (unpaired) electrons. The van der Waals surface area contributed by atoms with Crippen LogP contribution in [0.2, 0.25) is 0 Å². The van der Waals surface area contributed by atoms with Gasteiger partial charge in [0.2, 0.25) is 0 Å². The molecule has 2 aliphatic carbocycles. The van der Waals surface area contributed by atoms with Gasteiger partial charge in [0.1, 0.15) is 5.75 Å². The molecule has 0 bridgehead atoms. The van der Waals surface area contributed by atoms with Crippen LogP contribution in [0.4, 0.5) is 0 Å². The third-order valence-electron chi connectivity index (χ3n) is 3.83. The standard InChI is InChI=1S/C16H18O4S/c1-21(18,19)14-4-2-3-13(9-14)20-16(17)10-15(11-5-6-11)12-7-8-12/h2-4,9-12H,5-8H2,1H3. The lowest BCUT2D eigenvalue weighted by Crippen LogP contribution is -2.07. The minimum Gasteiger partial charge on any atom is -0.423 e. The Labute approximate surface area is 124 Å². The van der Waals surface area contributed by atoms with Gasteiger partial charge in [0.05, 0.1) is 4.90 Å². The highest BCUT2D eigenvalue weighted by Crippen LogP contribution is 2.48. The molecule has 112 valence electrons. The van der Waals surface area contributed by atoms with Crippen molar-refractivity contribution in [1.29, 1.82) is 0 Å². The summed E-state index contributed by atoms with van der Waals surface area (Å²) < 4.78 is 28.2. The van der Waals surface area contributed by atoms with Gasteiger partial charge in [0.15, 0.2) is 9.84 Å². The molecule has 0 saturated heterocycles. The fraction of sp³-hybridized carbons (Fsp3) is 0.438. The number of carbonyl (C=O) groups excluding carboxylic acids is 1. The van der Waals surface area contributed by atoms with E-state index in [1.807, 2.05) is 0 Å². The van der Waals surface area contributed by atoms with Crippen molar-refractivity contribution in [2.75, 3.05) is 6.26 Å². The van der Waals surface area contributed by atoms with Gasteiger partial charge in [-0.1, -0.05) is 11.6 Å². The van der Waals surface area contributed by atoms with E-state index in [0.29, 0.717) is 11.8 Å². The largest absolute Gasteiger partial charge is 0.423 e. The molecule has 0 spiro atoms. The Hall–Kier alpha value is -1.62. The second kappa shape index (κ2) is 5.30. The summed E-state index contributed by atoms with van der Waals surface area (Å²) in [7, 11) is -3.30. The van der Waals surface area contributed by atoms with E-state index < -0.39 is 15.8 Å². The van der Waals surface area contributed by atoms with Crippen molar-refractivity contribution in [3.63, 3.8) is 0 Å². The highest BCUT2D eigenvalue weighted by Gasteiger charge is 2.36. The number of benzene rings is 1. The maximum absolute atomic E-state index is 12.0. The molecule has 0 amide bonds. The second-order valence-corrected chi connectivity index (χ2v) is 7.88. The summed E-state index contributed by atoms with van der Waals surface area (Å²) in [5.74, 6) is 0.986. The predicted molar refractivity (Wildman–Crippen MR) is 78.7 cm³/mol. The van der Waals surface area contributed by atoms with Crippen molar-refractivity contribution >= 4 is 15.8 Å². The lowest BCUT2D eigenvalue weighted by Gasteiger charge is -2.06. The number of sulfone groups is 1. The molecular formula is C16H18O4S. The van der Waals surface area contributed by atoms with Gasteiger partial charge in [-0.05, 0) is 55.7 Å². The van der Waals surface area contributed by atoms with Crippen LogP contribution >= 0.6 is 0 Å². The average Bonchev–Trinajstić information content (AvgIpc) is 3.27. The van der Waals surface area contributed by atoms with Crippen molar-refractivity contribution in [3.05, 3.63) is 35.9 Å². The molecule has 2 aliphatic rings. The third-order valence-corrected chi connectivity index (χ3v) is 4.94. The normalized spacial score (nSPS) is 18.1. The lowest BCUT2D eigenvalue weighted by atomic mass is 10.1. The van der Waals surface area contributed by atoms with Gasteiger partial charge in [0, 0.05) is 12.3 Å². The Morgan fingerprint density at radius 1 is 1.19 bits per heavy atom. The summed E-state index contributed by atoms with van der Waals surface area (Å²) in [6, 6.07) is 6.04. The first-order valence-corrected chi connectivity index (χ1v) is 9.06. The summed E-state index contributed by atoms with van der Waals surface area (Å²) in [4.78, 5) is 12.2. The summed E-state index contributed by atoms with van der Waals surface area (Å²) in [5, 5.41) is 0. The first kappa shape index (κ1) is 14.3. The van der Waals surface area contributed by atoms with E-state index >= 15 is 0 Å². The van der Waals surface area contributed by atoms with Crippen LogP contribution in [-0.2, 0) is 14.6 Å². The zero-order valence-corrected chi connectivity index (χ0v) is 12.7. The van der Waals surface area contributed by atoms with Crippen LogP contribution in [0.5, 0.6) is 5.75 Å². The SMILES string of the molecule is CS(=O)(=O)c1cccc(OC(=O)C=C(C2CC2)C2CC2)c1. The Balaban J connectivity index is 1.74. The van der Waals surface area contributed by atoms with Crippen LogP contribution < -0.4 is 4.74 Å². The summed E-state index contributed by atoms with van der Waals surface area (Å²) in [6.45, 7) is 0. The molecule has 0 atom stereocenters. The van der Waals surface area contributed by atoms with Gasteiger partial charge in [-0.15, -0.1) is 0 Å². The van der Waals surface area contributed by atoms with Crippen LogP contribution in [0.15, 0.2) is 40.8 Å². The highest BCUT2D eigenvalue weighted by atomic mass is 32.2. The van der Waals surface area contributed by atoms with Crippen LogP contribution in [0.3, 0.4) is 0 Å². The van der Waals surface area contributed by atoms with E-state index in [1.54, 1.807) is 18.2 Å². The first-order chi connectivity index (χ1) is 9.93. The Kier molecular flexibility index (Phi) is 3.61. The van der Waals surface area contributed by atoms with Crippen LogP contribution in [-0.4, -0.2) is 20.6 Å². The fourth-order valence-electron chi connectivity index (χ4n) is 2.45. The Morgan fingerprint density at radius 2 is 1.81 bits per heavy atom. The molecule has 0 unspecified atom stereocenters. The number of rotatable bonds is 5. The molecule has 21 heavy (non-hydrogen) atoms. The smallest absolute Gasteiger partial charge is 0.336 e. The van der Waals surface area contributed by atoms with Crippen molar-refractivity contribution in [2.24, 2.45) is 11.8 Å². The number of carbonyl (C=O) groups is 1. The van der Waals surface area contributed by atoms with E-state index in [0.717, 1.165) is 6.26 Å². The molecule has 0 N–H and O–H groups in total. The molecule has 2 fully saturated rings. The van der Waals surface area contributed by atoms with Crippen molar-refractivity contribution in [2.45, 2.75) is 30.6 Å². The quantitative estimate of drug-likeness (QED) is 0.477. The Bertz CT molecular complexity index is 681. The number of allylic oxidation sites excluding steroid dienone is 1. The van der Waals surface area contributed by atoms with Crippen molar-refractivity contribution in [1.82, 2.24) is 0 Å². The predicted octanol–water partition coefficient (Wildman–Crippen LogP) is 2.74. The molecule has 0 heterocycles. The van der Waals surface area contributed by atoms with Gasteiger partial charge in [-0.2, -0.15) is 0 Å². The third kappa shape index (κ3) is 3.73. The van der Waals surface area contributed by atoms with Gasteiger partial charge in [-0.25, -0.2) is 13.2 Å². The van der Waals surface area contributed by atoms with Gasteiger partial charge < -0.3 is 4.74 Å². The number of hydrogen-bond acceptors (Lipinski definition) is 4. The first-order valence-electron chi connectivity index (χ1n) is 7.17. The highest BCUT2D eigenvalue weighted by molar-refractivity contribution is 7.90. The summed E-state index contributed by atoms with van der Waals surface area (Å²) >= 11 is 0. The molecule has 4 nitrogen and oxygen atoms in total. The topological polar surface area (TPSA) is 60.4 Å². The lowest BCUT2D eigenvalue weighted by molar-refractivity contribution is -0.129. The van der Waals surface area contributed by atoms with E-state index in [4.69, 9.17) is 4.74 Å². The number of hydrogen-bond donors (Lipinski definition) is 0. The second-order valence-electron chi connectivity index (χ2n) is 5.86. The van der Waals surface area contributed by atoms with E-state index in [1.165, 1.54) is 43.4 Å². The molecule has 1 aromatic rings.